The maximum atomic E-state index is 12.6. The Balaban J connectivity index is 4.13. The van der Waals surface area contributed by atoms with Crippen LogP contribution in [0.2, 0.25) is 0 Å². The van der Waals surface area contributed by atoms with Crippen molar-refractivity contribution in [1.82, 2.24) is 0 Å². The van der Waals surface area contributed by atoms with Gasteiger partial charge in [-0.25, -0.2) is 0 Å². The lowest BCUT2D eigenvalue weighted by Crippen LogP contribution is -2.30. The number of carbonyl (C=O) groups excluding carboxylic acids is 2. The summed E-state index contributed by atoms with van der Waals surface area (Å²) < 4.78 is 17.2. The molecule has 0 N–H and O–H groups in total. The minimum Gasteiger partial charge on any atom is -0.462 e. The first-order chi connectivity index (χ1) is 23.6. The van der Waals surface area contributed by atoms with Crippen molar-refractivity contribution in [3.8, 4) is 0 Å². The maximum Gasteiger partial charge on any atom is 0.306 e. The molecule has 0 heterocycles. The third-order valence-electron chi connectivity index (χ3n) is 9.30. The lowest BCUT2D eigenvalue weighted by atomic mass is 10.0. The molecule has 5 nitrogen and oxygen atoms in total. The highest BCUT2D eigenvalue weighted by Crippen LogP contribution is 2.14. The topological polar surface area (TPSA) is 61.8 Å². The highest BCUT2D eigenvalue weighted by atomic mass is 16.6. The molecule has 0 aliphatic rings. The quantitative estimate of drug-likeness (QED) is 0.0368. The van der Waals surface area contributed by atoms with Crippen molar-refractivity contribution in [3.63, 3.8) is 0 Å². The number of ether oxygens (including phenoxy) is 3. The summed E-state index contributed by atoms with van der Waals surface area (Å²) in [6, 6.07) is 0. The molecule has 0 aromatic carbocycles. The number of hydrogen-bond acceptors (Lipinski definition) is 5. The van der Waals surface area contributed by atoms with E-state index in [2.05, 4.69) is 32.9 Å². The van der Waals surface area contributed by atoms with Gasteiger partial charge in [0.25, 0.3) is 0 Å². The van der Waals surface area contributed by atoms with E-state index in [0.717, 1.165) is 51.4 Å². The lowest BCUT2D eigenvalue weighted by molar-refractivity contribution is -0.163. The van der Waals surface area contributed by atoms with Gasteiger partial charge in [0, 0.05) is 19.4 Å². The molecule has 284 valence electrons. The van der Waals surface area contributed by atoms with E-state index in [-0.39, 0.29) is 18.5 Å². The molecule has 0 aromatic rings. The number of rotatable bonds is 39. The van der Waals surface area contributed by atoms with E-state index in [4.69, 9.17) is 14.2 Å². The van der Waals surface area contributed by atoms with Crippen molar-refractivity contribution in [2.45, 2.75) is 232 Å². The van der Waals surface area contributed by atoms with E-state index in [0.29, 0.717) is 26.1 Å². The molecule has 0 radical (unpaired) electrons. The largest absolute Gasteiger partial charge is 0.462 e. The Labute approximate surface area is 299 Å². The van der Waals surface area contributed by atoms with Gasteiger partial charge in [-0.05, 0) is 44.9 Å². The predicted molar refractivity (Wildman–Crippen MR) is 206 cm³/mol. The van der Waals surface area contributed by atoms with Crippen LogP contribution in [0.4, 0.5) is 0 Å². The first-order valence-corrected chi connectivity index (χ1v) is 21.2. The van der Waals surface area contributed by atoms with Crippen molar-refractivity contribution in [3.05, 3.63) is 12.2 Å². The van der Waals surface area contributed by atoms with E-state index < -0.39 is 6.10 Å². The zero-order chi connectivity index (χ0) is 35.0. The first kappa shape index (κ1) is 46.6. The SMILES string of the molecule is CCCCCC/C=C\CCCCCCCC(=O)OCC(COCCCCCCCC)OC(=O)CCCCCCCCCCCCCCC. The van der Waals surface area contributed by atoms with Crippen LogP contribution in [-0.2, 0) is 23.8 Å². The van der Waals surface area contributed by atoms with Crippen molar-refractivity contribution in [2.75, 3.05) is 19.8 Å². The molecule has 48 heavy (non-hydrogen) atoms. The second kappa shape index (κ2) is 40.1. The standard InChI is InChI=1S/C43H82O5/c1-4-7-10-13-16-18-20-22-24-26-28-30-33-36-42(44)47-40-41(39-46-38-35-32-15-12-9-6-3)48-43(45)37-34-31-29-27-25-23-21-19-17-14-11-8-5-2/h18,20,41H,4-17,19,21-40H2,1-3H3/b20-18-. The van der Waals surface area contributed by atoms with Gasteiger partial charge >= 0.3 is 11.9 Å². The van der Waals surface area contributed by atoms with Crippen LogP contribution < -0.4 is 0 Å². The van der Waals surface area contributed by atoms with Crippen LogP contribution in [0.5, 0.6) is 0 Å². The minimum absolute atomic E-state index is 0.0878. The molecule has 0 amide bonds. The van der Waals surface area contributed by atoms with E-state index in [1.807, 2.05) is 0 Å². The van der Waals surface area contributed by atoms with Gasteiger partial charge in [0.2, 0.25) is 0 Å². The molecule has 0 rings (SSSR count). The zero-order valence-corrected chi connectivity index (χ0v) is 32.5. The number of hydrogen-bond donors (Lipinski definition) is 0. The molecular formula is C43H82O5. The van der Waals surface area contributed by atoms with Gasteiger partial charge in [0.05, 0.1) is 6.61 Å². The third-order valence-corrected chi connectivity index (χ3v) is 9.30. The first-order valence-electron chi connectivity index (χ1n) is 21.2. The lowest BCUT2D eigenvalue weighted by Gasteiger charge is -2.18. The molecule has 1 unspecified atom stereocenters. The molecule has 0 aliphatic carbocycles. The summed E-state index contributed by atoms with van der Waals surface area (Å²) in [5, 5.41) is 0. The zero-order valence-electron chi connectivity index (χ0n) is 32.5. The summed E-state index contributed by atoms with van der Waals surface area (Å²) in [4.78, 5) is 25.1. The number of carbonyl (C=O) groups is 2. The van der Waals surface area contributed by atoms with E-state index in [9.17, 15) is 9.59 Å². The Morgan fingerprint density at radius 2 is 0.812 bits per heavy atom. The van der Waals surface area contributed by atoms with Crippen LogP contribution in [0.25, 0.3) is 0 Å². The fourth-order valence-corrected chi connectivity index (χ4v) is 6.09. The smallest absolute Gasteiger partial charge is 0.306 e. The summed E-state index contributed by atoms with van der Waals surface area (Å²) in [5.41, 5.74) is 0. The average molecular weight is 679 g/mol. The van der Waals surface area contributed by atoms with Gasteiger partial charge in [0.15, 0.2) is 6.10 Å². The Morgan fingerprint density at radius 1 is 0.438 bits per heavy atom. The maximum absolute atomic E-state index is 12.6. The van der Waals surface area contributed by atoms with E-state index in [1.54, 1.807) is 0 Å². The van der Waals surface area contributed by atoms with Crippen LogP contribution >= 0.6 is 0 Å². The number of allylic oxidation sites excluding steroid dienone is 2. The predicted octanol–water partition coefficient (Wildman–Crippen LogP) is 13.6. The normalized spacial score (nSPS) is 12.1. The monoisotopic (exact) mass is 679 g/mol. The van der Waals surface area contributed by atoms with Crippen molar-refractivity contribution < 1.29 is 23.8 Å². The summed E-state index contributed by atoms with van der Waals surface area (Å²) >= 11 is 0. The molecule has 0 fully saturated rings. The fourth-order valence-electron chi connectivity index (χ4n) is 6.09. The van der Waals surface area contributed by atoms with Crippen molar-refractivity contribution in [2.24, 2.45) is 0 Å². The second-order valence-electron chi connectivity index (χ2n) is 14.3. The second-order valence-corrected chi connectivity index (χ2v) is 14.3. The minimum atomic E-state index is -0.525. The van der Waals surface area contributed by atoms with Gasteiger partial charge in [-0.15, -0.1) is 0 Å². The molecule has 0 spiro atoms. The van der Waals surface area contributed by atoms with Gasteiger partial charge in [0.1, 0.15) is 6.61 Å². The fraction of sp³-hybridized carbons (Fsp3) is 0.907. The molecule has 0 saturated heterocycles. The molecule has 0 bridgehead atoms. The van der Waals surface area contributed by atoms with Gasteiger partial charge < -0.3 is 14.2 Å². The molecule has 0 aliphatic heterocycles. The van der Waals surface area contributed by atoms with Crippen molar-refractivity contribution in [1.29, 1.82) is 0 Å². The Hall–Kier alpha value is -1.36. The van der Waals surface area contributed by atoms with Gasteiger partial charge in [-0.2, -0.15) is 0 Å². The molecule has 0 aromatic heterocycles. The Morgan fingerprint density at radius 3 is 1.29 bits per heavy atom. The number of unbranched alkanes of at least 4 members (excludes halogenated alkanes) is 26. The van der Waals surface area contributed by atoms with E-state index >= 15 is 0 Å². The van der Waals surface area contributed by atoms with Crippen LogP contribution in [0, 0.1) is 0 Å². The van der Waals surface area contributed by atoms with Crippen LogP contribution in [0.15, 0.2) is 12.2 Å². The van der Waals surface area contributed by atoms with Crippen LogP contribution in [0.1, 0.15) is 226 Å². The Bertz CT molecular complexity index is 691. The Kier molecular flexibility index (Phi) is 38.9. The van der Waals surface area contributed by atoms with Gasteiger partial charge in [-0.3, -0.25) is 9.59 Å². The van der Waals surface area contributed by atoms with E-state index in [1.165, 1.54) is 141 Å². The summed E-state index contributed by atoms with van der Waals surface area (Å²) in [7, 11) is 0. The molecule has 1 atom stereocenters. The highest BCUT2D eigenvalue weighted by molar-refractivity contribution is 5.70. The summed E-state index contributed by atoms with van der Waals surface area (Å²) in [6.07, 6.45) is 42.1. The van der Waals surface area contributed by atoms with Crippen LogP contribution in [-0.4, -0.2) is 37.9 Å². The average Bonchev–Trinajstić information content (AvgIpc) is 3.08. The molecule has 0 saturated carbocycles. The highest BCUT2D eigenvalue weighted by Gasteiger charge is 2.17. The molecule has 5 heteroatoms. The summed E-state index contributed by atoms with van der Waals surface area (Å²) in [5.74, 6) is -0.400. The van der Waals surface area contributed by atoms with Crippen molar-refractivity contribution >= 4 is 11.9 Å². The molecular weight excluding hydrogens is 596 g/mol. The number of esters is 2. The third kappa shape index (κ3) is 37.5. The van der Waals surface area contributed by atoms with Crippen LogP contribution in [0.3, 0.4) is 0 Å². The van der Waals surface area contributed by atoms with Gasteiger partial charge in [-0.1, -0.05) is 181 Å². The summed E-state index contributed by atoms with van der Waals surface area (Å²) in [6.45, 7) is 7.79.